The highest BCUT2D eigenvalue weighted by molar-refractivity contribution is 5.89. The van der Waals surface area contributed by atoms with Gasteiger partial charge < -0.3 is 15.5 Å². The summed E-state index contributed by atoms with van der Waals surface area (Å²) in [6, 6.07) is 4.55. The fraction of sp³-hybridized carbons (Fsp3) is 0.652. The molecule has 1 aromatic rings. The molecule has 3 amide bonds. The lowest BCUT2D eigenvalue weighted by atomic mass is 9.81. The number of nitrogens with one attached hydrogen (secondary N) is 2. The van der Waals surface area contributed by atoms with E-state index in [1.54, 1.807) is 4.90 Å². The van der Waals surface area contributed by atoms with Gasteiger partial charge in [0.15, 0.2) is 0 Å². The second-order valence-corrected chi connectivity index (χ2v) is 8.78. The summed E-state index contributed by atoms with van der Waals surface area (Å²) in [5.41, 5.74) is -0.665. The van der Waals surface area contributed by atoms with Crippen molar-refractivity contribution in [3.05, 3.63) is 29.8 Å². The average Bonchev–Trinajstić information content (AvgIpc) is 2.74. The number of rotatable bonds is 5. The largest absolute Gasteiger partial charge is 0.416 e. The van der Waals surface area contributed by atoms with Crippen LogP contribution in [0.25, 0.3) is 0 Å². The lowest BCUT2D eigenvalue weighted by Crippen LogP contribution is -2.47. The summed E-state index contributed by atoms with van der Waals surface area (Å²) < 4.78 is 38.7. The summed E-state index contributed by atoms with van der Waals surface area (Å²) in [4.78, 5) is 26.8. The molecule has 0 unspecified atom stereocenters. The molecule has 2 N–H and O–H groups in total. The lowest BCUT2D eigenvalue weighted by molar-refractivity contribution is -0.137. The van der Waals surface area contributed by atoms with Crippen molar-refractivity contribution >= 4 is 17.6 Å². The Morgan fingerprint density at radius 3 is 2.52 bits per heavy atom. The van der Waals surface area contributed by atoms with Crippen molar-refractivity contribution in [2.45, 2.75) is 70.5 Å². The fourth-order valence-electron chi connectivity index (χ4n) is 4.74. The minimum Gasteiger partial charge on any atom is -0.353 e. The normalized spacial score (nSPS) is 22.8. The van der Waals surface area contributed by atoms with Gasteiger partial charge in [-0.15, -0.1) is 0 Å². The highest BCUT2D eigenvalue weighted by atomic mass is 19.4. The Labute approximate surface area is 181 Å². The number of likely N-dealkylation sites (tertiary alicyclic amines) is 1. The van der Waals surface area contributed by atoms with Crippen molar-refractivity contribution in [3.8, 4) is 0 Å². The minimum absolute atomic E-state index is 0.0946. The van der Waals surface area contributed by atoms with Gasteiger partial charge in [-0.2, -0.15) is 13.2 Å². The highest BCUT2D eigenvalue weighted by Crippen LogP contribution is 2.32. The van der Waals surface area contributed by atoms with E-state index >= 15 is 0 Å². The number of alkyl halides is 3. The number of hydrogen-bond donors (Lipinski definition) is 2. The summed E-state index contributed by atoms with van der Waals surface area (Å²) in [5.74, 6) is 0.501. The van der Waals surface area contributed by atoms with Crippen LogP contribution in [0.2, 0.25) is 0 Å². The van der Waals surface area contributed by atoms with Crippen LogP contribution in [0.3, 0.4) is 0 Å². The highest BCUT2D eigenvalue weighted by Gasteiger charge is 2.33. The van der Waals surface area contributed by atoms with E-state index in [0.717, 1.165) is 31.4 Å². The van der Waals surface area contributed by atoms with E-state index in [2.05, 4.69) is 10.6 Å². The van der Waals surface area contributed by atoms with Crippen LogP contribution in [0.15, 0.2) is 24.3 Å². The third-order valence-corrected chi connectivity index (χ3v) is 6.56. The maximum atomic E-state index is 12.9. The third-order valence-electron chi connectivity index (χ3n) is 6.56. The second-order valence-electron chi connectivity index (χ2n) is 8.78. The third kappa shape index (κ3) is 6.61. The number of carbonyl (C=O) groups is 2. The van der Waals surface area contributed by atoms with Gasteiger partial charge in [0, 0.05) is 31.2 Å². The van der Waals surface area contributed by atoms with Gasteiger partial charge in [0.2, 0.25) is 5.91 Å². The van der Waals surface area contributed by atoms with E-state index in [0.29, 0.717) is 32.0 Å². The quantitative estimate of drug-likeness (QED) is 0.643. The molecule has 1 saturated heterocycles. The molecule has 0 radical (unpaired) electrons. The number of urea groups is 1. The maximum Gasteiger partial charge on any atom is 0.416 e. The molecule has 1 aliphatic carbocycles. The molecule has 2 atom stereocenters. The van der Waals surface area contributed by atoms with Crippen molar-refractivity contribution < 1.29 is 22.8 Å². The van der Waals surface area contributed by atoms with Gasteiger partial charge in [0.25, 0.3) is 0 Å². The van der Waals surface area contributed by atoms with Crippen LogP contribution in [0, 0.1) is 11.8 Å². The van der Waals surface area contributed by atoms with Crippen LogP contribution < -0.4 is 10.6 Å². The van der Waals surface area contributed by atoms with Gasteiger partial charge in [-0.05, 0) is 49.3 Å². The van der Waals surface area contributed by atoms with Crippen LogP contribution >= 0.6 is 0 Å². The molecule has 1 aromatic carbocycles. The molecule has 1 saturated carbocycles. The number of benzene rings is 1. The van der Waals surface area contributed by atoms with Gasteiger partial charge in [0.05, 0.1) is 5.56 Å². The number of anilines is 1. The molecule has 0 bridgehead atoms. The Morgan fingerprint density at radius 2 is 1.84 bits per heavy atom. The van der Waals surface area contributed by atoms with Gasteiger partial charge in [-0.25, -0.2) is 4.79 Å². The number of hydrogen-bond acceptors (Lipinski definition) is 2. The van der Waals surface area contributed by atoms with Crippen LogP contribution in [-0.2, 0) is 11.0 Å². The number of piperidine rings is 1. The Kier molecular flexibility index (Phi) is 7.84. The van der Waals surface area contributed by atoms with E-state index in [9.17, 15) is 22.8 Å². The zero-order valence-corrected chi connectivity index (χ0v) is 18.0. The Hall–Kier alpha value is -2.25. The Balaban J connectivity index is 1.52. The zero-order chi connectivity index (χ0) is 22.4. The predicted molar refractivity (Wildman–Crippen MR) is 114 cm³/mol. The van der Waals surface area contributed by atoms with E-state index in [-0.39, 0.29) is 23.4 Å². The lowest BCUT2D eigenvalue weighted by Gasteiger charge is -2.38. The van der Waals surface area contributed by atoms with Crippen molar-refractivity contribution in [3.63, 3.8) is 0 Å². The summed E-state index contributed by atoms with van der Waals surface area (Å²) in [5, 5.41) is 5.76. The van der Waals surface area contributed by atoms with Crippen molar-refractivity contribution in [1.82, 2.24) is 10.2 Å². The van der Waals surface area contributed by atoms with Crippen LogP contribution in [0.5, 0.6) is 0 Å². The van der Waals surface area contributed by atoms with Crippen LogP contribution in [0.4, 0.5) is 23.7 Å². The van der Waals surface area contributed by atoms with Gasteiger partial charge >= 0.3 is 12.2 Å². The monoisotopic (exact) mass is 439 g/mol. The molecule has 172 valence electrons. The topological polar surface area (TPSA) is 61.4 Å². The van der Waals surface area contributed by atoms with Crippen molar-refractivity contribution in [1.29, 1.82) is 0 Å². The first kappa shape index (κ1) is 23.4. The summed E-state index contributed by atoms with van der Waals surface area (Å²) >= 11 is 0. The first-order valence-electron chi connectivity index (χ1n) is 11.3. The summed E-state index contributed by atoms with van der Waals surface area (Å²) in [6.45, 7) is 3.04. The van der Waals surface area contributed by atoms with E-state index < -0.39 is 17.8 Å². The summed E-state index contributed by atoms with van der Waals surface area (Å²) in [6.07, 6.45) is 3.26. The average molecular weight is 440 g/mol. The van der Waals surface area contributed by atoms with Crippen molar-refractivity contribution in [2.24, 2.45) is 11.8 Å². The smallest absolute Gasteiger partial charge is 0.353 e. The number of amides is 3. The second kappa shape index (κ2) is 10.4. The standard InChI is InChI=1S/C23H32F3N3O2/c1-2-16-15-29(22(31)28-20-10-6-7-18(14-20)23(24,25)26)12-11-17(16)13-21(30)27-19-8-4-3-5-9-19/h6-7,10,14,16-17,19H,2-5,8-9,11-13,15H2,1H3,(H,27,30)(H,28,31)/t16-,17-/m0/s1. The van der Waals surface area contributed by atoms with E-state index in [1.807, 2.05) is 6.92 Å². The van der Waals surface area contributed by atoms with Gasteiger partial charge in [-0.3, -0.25) is 4.79 Å². The fourth-order valence-corrected chi connectivity index (χ4v) is 4.74. The molecule has 8 heteroatoms. The molecular formula is C23H32F3N3O2. The molecule has 5 nitrogen and oxygen atoms in total. The SMILES string of the molecule is CC[C@H]1CN(C(=O)Nc2cccc(C(F)(F)F)c2)CC[C@H]1CC(=O)NC1CCCCC1. The molecule has 31 heavy (non-hydrogen) atoms. The van der Waals surface area contributed by atoms with E-state index in [4.69, 9.17) is 0 Å². The first-order valence-corrected chi connectivity index (χ1v) is 11.3. The molecule has 1 heterocycles. The minimum atomic E-state index is -4.45. The van der Waals surface area contributed by atoms with Crippen molar-refractivity contribution in [2.75, 3.05) is 18.4 Å². The van der Waals surface area contributed by atoms with Crippen LogP contribution in [-0.4, -0.2) is 36.0 Å². The number of nitrogens with zero attached hydrogens (tertiary/aromatic N) is 1. The van der Waals surface area contributed by atoms with Crippen LogP contribution in [0.1, 0.15) is 63.9 Å². The Bertz CT molecular complexity index is 763. The van der Waals surface area contributed by atoms with Gasteiger partial charge in [0.1, 0.15) is 0 Å². The molecule has 1 aliphatic heterocycles. The zero-order valence-electron chi connectivity index (χ0n) is 18.0. The Morgan fingerprint density at radius 1 is 1.10 bits per heavy atom. The molecule has 2 fully saturated rings. The number of halogens is 3. The maximum absolute atomic E-state index is 12.9. The van der Waals surface area contributed by atoms with Gasteiger partial charge in [-0.1, -0.05) is 38.7 Å². The molecule has 0 aromatic heterocycles. The summed E-state index contributed by atoms with van der Waals surface area (Å²) in [7, 11) is 0. The molecular weight excluding hydrogens is 407 g/mol. The number of carbonyl (C=O) groups excluding carboxylic acids is 2. The molecule has 0 spiro atoms. The molecule has 2 aliphatic rings. The molecule has 3 rings (SSSR count). The predicted octanol–water partition coefficient (Wildman–Crippen LogP) is 5.42. The van der Waals surface area contributed by atoms with E-state index in [1.165, 1.54) is 31.4 Å². The first-order chi connectivity index (χ1) is 14.8.